The smallest absolute Gasteiger partial charge is 0.255 e. The van der Waals surface area contributed by atoms with Gasteiger partial charge in [-0.05, 0) is 83.3 Å². The number of amides is 1. The van der Waals surface area contributed by atoms with E-state index in [2.05, 4.69) is 18.7 Å². The molecule has 0 saturated carbocycles. The van der Waals surface area contributed by atoms with E-state index in [1.165, 1.54) is 0 Å². The summed E-state index contributed by atoms with van der Waals surface area (Å²) in [5.41, 5.74) is 4.14. The second-order valence-electron chi connectivity index (χ2n) is 13.0. The van der Waals surface area contributed by atoms with Crippen molar-refractivity contribution in [1.82, 2.24) is 9.80 Å². The average molecular weight is 569 g/mol. The van der Waals surface area contributed by atoms with Gasteiger partial charge in [-0.15, -0.1) is 0 Å². The summed E-state index contributed by atoms with van der Waals surface area (Å²) < 4.78 is 0. The minimum absolute atomic E-state index is 0.00551. The van der Waals surface area contributed by atoms with Gasteiger partial charge in [-0.2, -0.15) is 0 Å². The van der Waals surface area contributed by atoms with Crippen molar-refractivity contribution < 1.29 is 34.8 Å². The third-order valence-electron chi connectivity index (χ3n) is 9.66. The van der Waals surface area contributed by atoms with Gasteiger partial charge in [0.15, 0.2) is 11.4 Å². The molecule has 1 aromatic carbocycles. The number of nitrogens with zero attached hydrogens (tertiary/aromatic N) is 3. The van der Waals surface area contributed by atoms with Crippen molar-refractivity contribution in [3.05, 3.63) is 45.4 Å². The number of likely N-dealkylation sites (tertiary alicyclic amines) is 1. The highest BCUT2D eigenvalue weighted by Gasteiger charge is 2.63. The van der Waals surface area contributed by atoms with Crippen LogP contribution in [0.1, 0.15) is 54.6 Å². The molecule has 0 aromatic heterocycles. The SMILES string of the molecule is CN(C)c1c(CN2CCCC2(C)C)cc(O)c2c1C[C@H]1C[C@H]3[C@H](N(C)C)C(O)=C(C(N)=O)C(=O)[C@@]3(O)C(O)=C1C2=O. The van der Waals surface area contributed by atoms with Crippen molar-refractivity contribution in [3.63, 3.8) is 0 Å². The van der Waals surface area contributed by atoms with Crippen LogP contribution in [0.25, 0.3) is 0 Å². The number of Topliss-reactive ketones (excluding diaryl/α,β-unsaturated/α-hetero) is 2. The van der Waals surface area contributed by atoms with Gasteiger partial charge in [-0.25, -0.2) is 0 Å². The standard InChI is InChI=1S/C30H40N4O7/c1-29(2)8-7-9-34(29)13-15-12-18(35)20-16(22(15)32(3)4)10-14-11-17-23(33(5)6)25(37)21(28(31)40)27(39)30(17,41)26(38)19(14)24(20)36/h12,14,17,23,35,37-38,41H,7-11,13H2,1-6H3,(H2,31,40)/t14-,17-,23-,30-/m0/s1. The molecular formula is C30H40N4O7. The maximum Gasteiger partial charge on any atom is 0.255 e. The van der Waals surface area contributed by atoms with Crippen LogP contribution in [0.3, 0.4) is 0 Å². The second-order valence-corrected chi connectivity index (χ2v) is 13.0. The van der Waals surface area contributed by atoms with Gasteiger partial charge in [0.2, 0.25) is 5.78 Å². The molecular weight excluding hydrogens is 528 g/mol. The number of carbonyl (C=O) groups is 3. The highest BCUT2D eigenvalue weighted by atomic mass is 16.3. The number of hydrogen-bond donors (Lipinski definition) is 5. The number of rotatable bonds is 5. The van der Waals surface area contributed by atoms with E-state index in [4.69, 9.17) is 5.73 Å². The lowest BCUT2D eigenvalue weighted by atomic mass is 9.58. The lowest BCUT2D eigenvalue weighted by molar-refractivity contribution is -0.148. The van der Waals surface area contributed by atoms with E-state index in [-0.39, 0.29) is 35.3 Å². The molecule has 4 aliphatic rings. The molecule has 1 amide bonds. The molecule has 1 saturated heterocycles. The van der Waals surface area contributed by atoms with Crippen LogP contribution in [0.5, 0.6) is 5.75 Å². The normalized spacial score (nSPS) is 29.5. The number of fused-ring (bicyclic) bond motifs is 3. The van der Waals surface area contributed by atoms with Crippen LogP contribution in [-0.2, 0) is 22.6 Å². The molecule has 1 heterocycles. The molecule has 0 bridgehead atoms. The number of aliphatic hydroxyl groups is 3. The van der Waals surface area contributed by atoms with Gasteiger partial charge in [0.05, 0.1) is 11.6 Å². The Balaban J connectivity index is 1.68. The third-order valence-corrected chi connectivity index (χ3v) is 9.66. The maximum atomic E-state index is 14.0. The van der Waals surface area contributed by atoms with E-state index >= 15 is 0 Å². The molecule has 11 nitrogen and oxygen atoms in total. The van der Waals surface area contributed by atoms with E-state index in [0.717, 1.165) is 30.6 Å². The van der Waals surface area contributed by atoms with Gasteiger partial charge >= 0.3 is 0 Å². The number of phenols is 1. The molecule has 0 unspecified atom stereocenters. The second kappa shape index (κ2) is 9.57. The van der Waals surface area contributed by atoms with E-state index in [1.807, 2.05) is 19.0 Å². The van der Waals surface area contributed by atoms with Crippen LogP contribution in [0.2, 0.25) is 0 Å². The predicted octanol–water partition coefficient (Wildman–Crippen LogP) is 1.56. The Labute approximate surface area is 239 Å². The summed E-state index contributed by atoms with van der Waals surface area (Å²) in [6, 6.07) is 0.573. The Kier molecular flexibility index (Phi) is 6.79. The molecule has 41 heavy (non-hydrogen) atoms. The molecule has 5 rings (SSSR count). The molecule has 11 heteroatoms. The number of anilines is 1. The highest BCUT2D eigenvalue weighted by Crippen LogP contribution is 2.53. The third kappa shape index (κ3) is 4.08. The first kappa shape index (κ1) is 29.1. The van der Waals surface area contributed by atoms with Crippen molar-refractivity contribution in [2.24, 2.45) is 17.6 Å². The monoisotopic (exact) mass is 568 g/mol. The van der Waals surface area contributed by atoms with Crippen LogP contribution >= 0.6 is 0 Å². The summed E-state index contributed by atoms with van der Waals surface area (Å²) in [7, 11) is 6.99. The van der Waals surface area contributed by atoms with Crippen molar-refractivity contribution in [1.29, 1.82) is 0 Å². The number of likely N-dealkylation sites (N-methyl/N-ethyl adjacent to an activating group) is 1. The van der Waals surface area contributed by atoms with Gasteiger partial charge < -0.3 is 31.1 Å². The number of ketones is 2. The molecule has 222 valence electrons. The maximum absolute atomic E-state index is 14.0. The van der Waals surface area contributed by atoms with E-state index in [9.17, 15) is 34.8 Å². The highest BCUT2D eigenvalue weighted by molar-refractivity contribution is 6.24. The Morgan fingerprint density at radius 1 is 1.15 bits per heavy atom. The zero-order valence-corrected chi connectivity index (χ0v) is 24.5. The number of phenolic OH excluding ortho intramolecular Hbond substituents is 1. The van der Waals surface area contributed by atoms with E-state index in [0.29, 0.717) is 12.1 Å². The lowest BCUT2D eigenvalue weighted by Gasteiger charge is -2.50. The van der Waals surface area contributed by atoms with Gasteiger partial charge in [0.25, 0.3) is 5.91 Å². The number of allylic oxidation sites excluding steroid dienone is 1. The van der Waals surface area contributed by atoms with E-state index < -0.39 is 58.0 Å². The number of benzene rings is 1. The summed E-state index contributed by atoms with van der Waals surface area (Å²) in [5, 5.41) is 45.4. The minimum atomic E-state index is -2.65. The van der Waals surface area contributed by atoms with Gasteiger partial charge in [-0.3, -0.25) is 24.2 Å². The number of hydrogen-bond acceptors (Lipinski definition) is 10. The zero-order chi connectivity index (χ0) is 30.3. The number of aromatic hydroxyl groups is 1. The Bertz CT molecular complexity index is 1430. The average Bonchev–Trinajstić information content (AvgIpc) is 3.18. The Morgan fingerprint density at radius 3 is 2.34 bits per heavy atom. The van der Waals surface area contributed by atoms with Crippen molar-refractivity contribution in [2.75, 3.05) is 39.6 Å². The summed E-state index contributed by atoms with van der Waals surface area (Å²) in [6.07, 6.45) is 2.45. The molecule has 1 aliphatic heterocycles. The summed E-state index contributed by atoms with van der Waals surface area (Å²) in [4.78, 5) is 45.5. The molecule has 4 atom stereocenters. The quantitative estimate of drug-likeness (QED) is 0.329. The van der Waals surface area contributed by atoms with E-state index in [1.54, 1.807) is 25.1 Å². The molecule has 0 radical (unpaired) electrons. The molecule has 1 aromatic rings. The molecule has 0 spiro atoms. The minimum Gasteiger partial charge on any atom is -0.510 e. The largest absolute Gasteiger partial charge is 0.510 e. The molecule has 1 fully saturated rings. The first-order valence-electron chi connectivity index (χ1n) is 14.0. The van der Waals surface area contributed by atoms with Crippen molar-refractivity contribution in [3.8, 4) is 5.75 Å². The van der Waals surface area contributed by atoms with Gasteiger partial charge in [0.1, 0.15) is 22.8 Å². The number of primary amides is 1. The van der Waals surface area contributed by atoms with Gasteiger partial charge in [-0.1, -0.05) is 0 Å². The predicted molar refractivity (Wildman–Crippen MR) is 152 cm³/mol. The first-order chi connectivity index (χ1) is 19.0. The van der Waals surface area contributed by atoms with Crippen LogP contribution in [0.4, 0.5) is 5.69 Å². The summed E-state index contributed by atoms with van der Waals surface area (Å²) in [5.74, 6) is -6.50. The number of nitrogens with two attached hydrogens (primary N) is 1. The number of aliphatic hydroxyl groups excluding tert-OH is 2. The fourth-order valence-electron chi connectivity index (χ4n) is 7.71. The fourth-order valence-corrected chi connectivity index (χ4v) is 7.71. The Hall–Kier alpha value is -3.41. The fraction of sp³-hybridized carbons (Fsp3) is 0.567. The van der Waals surface area contributed by atoms with Crippen molar-refractivity contribution >= 4 is 23.2 Å². The Morgan fingerprint density at radius 2 is 1.80 bits per heavy atom. The van der Waals surface area contributed by atoms with Crippen LogP contribution < -0.4 is 10.6 Å². The first-order valence-corrected chi connectivity index (χ1v) is 14.0. The summed E-state index contributed by atoms with van der Waals surface area (Å²) >= 11 is 0. The number of carbonyl (C=O) groups excluding carboxylic acids is 3. The summed E-state index contributed by atoms with van der Waals surface area (Å²) in [6.45, 7) is 5.90. The lowest BCUT2D eigenvalue weighted by Crippen LogP contribution is -2.63. The molecule has 6 N–H and O–H groups in total. The van der Waals surface area contributed by atoms with Gasteiger partial charge in [0, 0.05) is 43.4 Å². The van der Waals surface area contributed by atoms with Crippen LogP contribution in [0, 0.1) is 11.8 Å². The topological polar surface area (TPSA) is 168 Å². The zero-order valence-electron chi connectivity index (χ0n) is 24.5. The molecule has 3 aliphatic carbocycles. The van der Waals surface area contributed by atoms with Crippen LogP contribution in [0.15, 0.2) is 28.7 Å². The van der Waals surface area contributed by atoms with Crippen molar-refractivity contribution in [2.45, 2.75) is 63.3 Å². The van der Waals surface area contributed by atoms with Crippen LogP contribution in [-0.4, -0.2) is 99.6 Å².